The number of furan rings is 1. The van der Waals surface area contributed by atoms with Crippen molar-refractivity contribution in [1.29, 1.82) is 0 Å². The number of carbonyl (C=O) groups excluding carboxylic acids is 1. The first-order valence-electron chi connectivity index (χ1n) is 7.77. The molecule has 0 bridgehead atoms. The van der Waals surface area contributed by atoms with E-state index in [9.17, 15) is 9.90 Å². The number of aryl methyl sites for hydroxylation is 1. The van der Waals surface area contributed by atoms with Crippen LogP contribution in [0.4, 0.5) is 0 Å². The van der Waals surface area contributed by atoms with Crippen molar-refractivity contribution in [3.63, 3.8) is 0 Å². The maximum absolute atomic E-state index is 12.5. The SMILES string of the molecule is COc1cc(C(=O)N[C@H](C)c2oc3ccccc3c2C)cc(Cl)c1O. The third-order valence-electron chi connectivity index (χ3n) is 4.13. The van der Waals surface area contributed by atoms with Crippen molar-refractivity contribution in [2.24, 2.45) is 0 Å². The van der Waals surface area contributed by atoms with E-state index in [1.807, 2.05) is 38.1 Å². The van der Waals surface area contributed by atoms with E-state index in [0.29, 0.717) is 11.3 Å². The summed E-state index contributed by atoms with van der Waals surface area (Å²) in [6, 6.07) is 10.2. The fourth-order valence-corrected chi connectivity index (χ4v) is 3.02. The standard InChI is InChI=1S/C19H18ClNO4/c1-10-13-6-4-5-7-15(13)25-18(10)11(2)21-19(23)12-8-14(20)17(22)16(9-12)24-3/h4-9,11,22H,1-3H3,(H,21,23)/t11-/m1/s1. The second-order valence-corrected chi connectivity index (χ2v) is 6.20. The predicted molar refractivity (Wildman–Crippen MR) is 96.5 cm³/mol. The lowest BCUT2D eigenvalue weighted by molar-refractivity contribution is 0.0935. The average Bonchev–Trinajstić information content (AvgIpc) is 2.94. The van der Waals surface area contributed by atoms with Crippen LogP contribution in [-0.2, 0) is 0 Å². The van der Waals surface area contributed by atoms with E-state index in [4.69, 9.17) is 20.8 Å². The van der Waals surface area contributed by atoms with Gasteiger partial charge in [0.1, 0.15) is 11.3 Å². The number of aromatic hydroxyl groups is 1. The van der Waals surface area contributed by atoms with E-state index in [1.54, 1.807) is 0 Å². The third-order valence-corrected chi connectivity index (χ3v) is 4.42. The predicted octanol–water partition coefficient (Wildman–Crippen LogP) is 4.60. The van der Waals surface area contributed by atoms with Gasteiger partial charge in [-0.05, 0) is 32.0 Å². The van der Waals surface area contributed by atoms with Gasteiger partial charge >= 0.3 is 0 Å². The molecule has 0 saturated heterocycles. The Morgan fingerprint density at radius 3 is 2.72 bits per heavy atom. The van der Waals surface area contributed by atoms with Crippen LogP contribution in [0.1, 0.15) is 34.6 Å². The summed E-state index contributed by atoms with van der Waals surface area (Å²) in [4.78, 5) is 12.5. The van der Waals surface area contributed by atoms with Crippen molar-refractivity contribution in [3.05, 3.63) is 58.3 Å². The summed E-state index contributed by atoms with van der Waals surface area (Å²) in [7, 11) is 1.40. The van der Waals surface area contributed by atoms with Gasteiger partial charge in [0.25, 0.3) is 5.91 Å². The Morgan fingerprint density at radius 1 is 1.32 bits per heavy atom. The average molecular weight is 360 g/mol. The van der Waals surface area contributed by atoms with Gasteiger partial charge in [-0.15, -0.1) is 0 Å². The fourth-order valence-electron chi connectivity index (χ4n) is 2.81. The number of benzene rings is 2. The van der Waals surface area contributed by atoms with Crippen LogP contribution in [0, 0.1) is 6.92 Å². The number of halogens is 1. The van der Waals surface area contributed by atoms with Gasteiger partial charge in [0.05, 0.1) is 18.2 Å². The molecule has 25 heavy (non-hydrogen) atoms. The molecule has 0 aliphatic rings. The number of hydrogen-bond donors (Lipinski definition) is 2. The molecule has 0 unspecified atom stereocenters. The summed E-state index contributed by atoms with van der Waals surface area (Å²) in [5, 5.41) is 13.7. The maximum atomic E-state index is 12.5. The number of amides is 1. The number of nitrogens with one attached hydrogen (secondary N) is 1. The largest absolute Gasteiger partial charge is 0.503 e. The molecule has 0 aliphatic heterocycles. The molecule has 0 saturated carbocycles. The molecule has 1 aromatic heterocycles. The Balaban J connectivity index is 1.87. The molecule has 3 aromatic rings. The lowest BCUT2D eigenvalue weighted by atomic mass is 10.1. The zero-order valence-electron chi connectivity index (χ0n) is 14.1. The minimum Gasteiger partial charge on any atom is -0.503 e. The first kappa shape index (κ1) is 17.2. The molecule has 0 spiro atoms. The Labute approximate surface area is 150 Å². The van der Waals surface area contributed by atoms with Crippen LogP contribution in [0.2, 0.25) is 5.02 Å². The summed E-state index contributed by atoms with van der Waals surface area (Å²) in [6.07, 6.45) is 0. The van der Waals surface area contributed by atoms with Crippen molar-refractivity contribution < 1.29 is 19.1 Å². The Kier molecular flexibility index (Phi) is 4.59. The van der Waals surface area contributed by atoms with E-state index in [2.05, 4.69) is 5.32 Å². The van der Waals surface area contributed by atoms with Gasteiger partial charge in [-0.1, -0.05) is 29.8 Å². The van der Waals surface area contributed by atoms with Crippen LogP contribution in [0.3, 0.4) is 0 Å². The number of phenolic OH excluding ortho intramolecular Hbond substituents is 1. The molecule has 1 heterocycles. The Bertz CT molecular complexity index is 948. The highest BCUT2D eigenvalue weighted by Crippen LogP contribution is 2.35. The fraction of sp³-hybridized carbons (Fsp3) is 0.211. The van der Waals surface area contributed by atoms with E-state index >= 15 is 0 Å². The topological polar surface area (TPSA) is 71.7 Å². The van der Waals surface area contributed by atoms with E-state index < -0.39 is 0 Å². The number of rotatable bonds is 4. The van der Waals surface area contributed by atoms with E-state index in [1.165, 1.54) is 19.2 Å². The molecule has 130 valence electrons. The summed E-state index contributed by atoms with van der Waals surface area (Å²) in [5.41, 5.74) is 2.07. The molecule has 1 atom stereocenters. The van der Waals surface area contributed by atoms with E-state index in [0.717, 1.165) is 16.5 Å². The Morgan fingerprint density at radius 2 is 2.04 bits per heavy atom. The van der Waals surface area contributed by atoms with Gasteiger partial charge in [0, 0.05) is 16.5 Å². The van der Waals surface area contributed by atoms with Gasteiger partial charge < -0.3 is 19.6 Å². The minimum absolute atomic E-state index is 0.0528. The number of methoxy groups -OCH3 is 1. The molecule has 6 heteroatoms. The van der Waals surface area contributed by atoms with Crippen molar-refractivity contribution in [2.45, 2.75) is 19.9 Å². The number of hydrogen-bond acceptors (Lipinski definition) is 4. The molecule has 5 nitrogen and oxygen atoms in total. The highest BCUT2D eigenvalue weighted by atomic mass is 35.5. The molecule has 1 amide bonds. The monoisotopic (exact) mass is 359 g/mol. The van der Waals surface area contributed by atoms with Gasteiger partial charge in [0.2, 0.25) is 0 Å². The van der Waals surface area contributed by atoms with Crippen LogP contribution in [0.5, 0.6) is 11.5 Å². The molecular weight excluding hydrogens is 342 g/mol. The van der Waals surface area contributed by atoms with E-state index in [-0.39, 0.29) is 28.5 Å². The first-order valence-corrected chi connectivity index (χ1v) is 8.15. The van der Waals surface area contributed by atoms with Gasteiger partial charge in [-0.2, -0.15) is 0 Å². The molecule has 0 aliphatic carbocycles. The number of para-hydroxylation sites is 1. The van der Waals surface area contributed by atoms with Crippen LogP contribution < -0.4 is 10.1 Å². The second kappa shape index (κ2) is 6.69. The first-order chi connectivity index (χ1) is 11.9. The lowest BCUT2D eigenvalue weighted by Gasteiger charge is -2.14. The molecule has 0 radical (unpaired) electrons. The van der Waals surface area contributed by atoms with Crippen molar-refractivity contribution in [1.82, 2.24) is 5.32 Å². The normalized spacial score (nSPS) is 12.2. The third kappa shape index (κ3) is 3.15. The summed E-state index contributed by atoms with van der Waals surface area (Å²) in [6.45, 7) is 3.81. The lowest BCUT2D eigenvalue weighted by Crippen LogP contribution is -2.26. The van der Waals surface area contributed by atoms with Crippen LogP contribution in [0.25, 0.3) is 11.0 Å². The quantitative estimate of drug-likeness (QED) is 0.714. The maximum Gasteiger partial charge on any atom is 0.252 e. The number of ether oxygens (including phenoxy) is 1. The highest BCUT2D eigenvalue weighted by Gasteiger charge is 2.20. The van der Waals surface area contributed by atoms with Crippen LogP contribution >= 0.6 is 11.6 Å². The number of carbonyl (C=O) groups is 1. The molecule has 0 fully saturated rings. The van der Waals surface area contributed by atoms with Crippen LogP contribution in [-0.4, -0.2) is 18.1 Å². The van der Waals surface area contributed by atoms with Crippen molar-refractivity contribution >= 4 is 28.5 Å². The van der Waals surface area contributed by atoms with Crippen molar-refractivity contribution in [3.8, 4) is 11.5 Å². The molecular formula is C19H18ClNO4. The number of phenols is 1. The zero-order chi connectivity index (χ0) is 18.1. The second-order valence-electron chi connectivity index (χ2n) is 5.79. The van der Waals surface area contributed by atoms with Crippen LogP contribution in [0.15, 0.2) is 40.8 Å². The van der Waals surface area contributed by atoms with Crippen molar-refractivity contribution in [2.75, 3.05) is 7.11 Å². The van der Waals surface area contributed by atoms with Gasteiger partial charge in [-0.25, -0.2) is 0 Å². The highest BCUT2D eigenvalue weighted by molar-refractivity contribution is 6.32. The Hall–Kier alpha value is -2.66. The summed E-state index contributed by atoms with van der Waals surface area (Å²) >= 11 is 5.95. The molecule has 2 aromatic carbocycles. The smallest absolute Gasteiger partial charge is 0.252 e. The van der Waals surface area contributed by atoms with Gasteiger partial charge in [0.15, 0.2) is 11.5 Å². The summed E-state index contributed by atoms with van der Waals surface area (Å²) in [5.74, 6) is 0.311. The number of fused-ring (bicyclic) bond motifs is 1. The molecule has 3 rings (SSSR count). The molecule has 2 N–H and O–H groups in total. The minimum atomic E-state index is -0.340. The summed E-state index contributed by atoms with van der Waals surface area (Å²) < 4.78 is 10.9. The van der Waals surface area contributed by atoms with Gasteiger partial charge in [-0.3, -0.25) is 4.79 Å². The zero-order valence-corrected chi connectivity index (χ0v) is 14.8.